The summed E-state index contributed by atoms with van der Waals surface area (Å²) in [7, 11) is 0. The zero-order valence-electron chi connectivity index (χ0n) is 26.1. The zero-order valence-corrected chi connectivity index (χ0v) is 27.7. The van der Waals surface area contributed by atoms with Crippen molar-refractivity contribution in [3.8, 4) is 0 Å². The number of hydrogen-bond acceptors (Lipinski definition) is 6. The zero-order chi connectivity index (χ0) is 30.5. The summed E-state index contributed by atoms with van der Waals surface area (Å²) in [5.74, 6) is 3.77. The van der Waals surface area contributed by atoms with E-state index in [0.717, 1.165) is 75.3 Å². The largest absolute Gasteiger partial charge is 0.368 e. The summed E-state index contributed by atoms with van der Waals surface area (Å²) in [5.41, 5.74) is 2.65. The van der Waals surface area contributed by atoms with Crippen molar-refractivity contribution >= 4 is 52.2 Å². The fraction of sp³-hybridized carbons (Fsp3) is 0.514. The minimum atomic E-state index is 0.0426. The standard InChI is InChI=1S/C35H46ClN7S/c1-26-21-27(2)24-43(23-26)32-22-31(42-19-17-41(18-20-42)30-9-5-3-6-10-30)38-33(39-32)40-34(44)37-25-35(15-7-4-8-16-35)28-11-13-29(36)14-12-28/h3,5-6,9-14,22,26-27H,4,7-8,15-21,23-25H2,1-2H3,(H2,37,38,39,40,44)/t26-,27-/m1/s1. The maximum atomic E-state index is 6.23. The molecule has 1 aromatic heterocycles. The van der Waals surface area contributed by atoms with Gasteiger partial charge in [0.05, 0.1) is 0 Å². The number of anilines is 4. The van der Waals surface area contributed by atoms with E-state index in [1.807, 2.05) is 12.1 Å². The smallest absolute Gasteiger partial charge is 0.232 e. The van der Waals surface area contributed by atoms with E-state index in [2.05, 4.69) is 87.7 Å². The fourth-order valence-corrected chi connectivity index (χ4v) is 7.77. The SMILES string of the molecule is C[C@@H]1C[C@@H](C)CN(c2cc(N3CCN(c4ccccc4)CC3)nc(NC(=S)NCC3(c4ccc(Cl)cc4)CCCCC3)n2)C1. The molecule has 6 rings (SSSR count). The third kappa shape index (κ3) is 7.40. The van der Waals surface area contributed by atoms with Gasteiger partial charge in [-0.3, -0.25) is 0 Å². The van der Waals surface area contributed by atoms with Crippen LogP contribution in [0.3, 0.4) is 0 Å². The number of piperazine rings is 1. The van der Waals surface area contributed by atoms with Crippen LogP contribution in [0, 0.1) is 11.8 Å². The summed E-state index contributed by atoms with van der Waals surface area (Å²) >= 11 is 12.1. The van der Waals surface area contributed by atoms with Crippen molar-refractivity contribution in [2.75, 3.05) is 65.8 Å². The Hall–Kier alpha value is -3.10. The van der Waals surface area contributed by atoms with Crippen LogP contribution in [0.4, 0.5) is 23.3 Å². The molecule has 9 heteroatoms. The average Bonchev–Trinajstić information content (AvgIpc) is 3.04. The number of hydrogen-bond donors (Lipinski definition) is 2. The molecule has 234 valence electrons. The second kappa shape index (κ2) is 13.9. The Balaban J connectivity index is 1.19. The molecule has 44 heavy (non-hydrogen) atoms. The van der Waals surface area contributed by atoms with Gasteiger partial charge in [-0.15, -0.1) is 0 Å². The molecule has 2 aromatic carbocycles. The van der Waals surface area contributed by atoms with E-state index in [0.29, 0.717) is 22.9 Å². The summed E-state index contributed by atoms with van der Waals surface area (Å²) < 4.78 is 0. The van der Waals surface area contributed by atoms with E-state index >= 15 is 0 Å². The maximum absolute atomic E-state index is 6.23. The Morgan fingerprint density at radius 2 is 1.45 bits per heavy atom. The third-order valence-corrected chi connectivity index (χ3v) is 10.2. The van der Waals surface area contributed by atoms with E-state index in [4.69, 9.17) is 33.8 Å². The van der Waals surface area contributed by atoms with Gasteiger partial charge in [-0.2, -0.15) is 9.97 Å². The molecule has 2 N–H and O–H groups in total. The lowest BCUT2D eigenvalue weighted by Gasteiger charge is -2.39. The van der Waals surface area contributed by atoms with Gasteiger partial charge in [0.1, 0.15) is 11.6 Å². The molecule has 2 atom stereocenters. The Kier molecular flexibility index (Phi) is 9.77. The highest BCUT2D eigenvalue weighted by atomic mass is 35.5. The van der Waals surface area contributed by atoms with Crippen LogP contribution in [0.25, 0.3) is 0 Å². The number of rotatable bonds is 7. The molecule has 0 spiro atoms. The fourth-order valence-electron chi connectivity index (χ4n) is 7.48. The Labute approximate surface area is 273 Å². The molecule has 0 radical (unpaired) electrons. The lowest BCUT2D eigenvalue weighted by molar-refractivity contribution is 0.292. The molecule has 3 aromatic rings. The number of benzene rings is 2. The summed E-state index contributed by atoms with van der Waals surface area (Å²) in [6.45, 7) is 11.2. The van der Waals surface area contributed by atoms with Crippen LogP contribution in [0.15, 0.2) is 60.7 Å². The summed E-state index contributed by atoms with van der Waals surface area (Å²) in [6, 6.07) is 21.2. The highest BCUT2D eigenvalue weighted by Crippen LogP contribution is 2.39. The van der Waals surface area contributed by atoms with Gasteiger partial charge < -0.3 is 25.3 Å². The number of nitrogens with zero attached hydrogens (tertiary/aromatic N) is 5. The second-order valence-electron chi connectivity index (χ2n) is 13.2. The molecule has 3 aliphatic rings. The van der Waals surface area contributed by atoms with Gasteiger partial charge in [-0.05, 0) is 73.1 Å². The van der Waals surface area contributed by atoms with Gasteiger partial charge in [0.15, 0.2) is 5.11 Å². The first-order chi connectivity index (χ1) is 21.4. The van der Waals surface area contributed by atoms with Gasteiger partial charge in [-0.25, -0.2) is 0 Å². The minimum absolute atomic E-state index is 0.0426. The molecular weight excluding hydrogens is 586 g/mol. The lowest BCUT2D eigenvalue weighted by atomic mass is 9.69. The molecule has 0 bridgehead atoms. The van der Waals surface area contributed by atoms with E-state index in [1.165, 1.54) is 36.9 Å². The van der Waals surface area contributed by atoms with Gasteiger partial charge in [0, 0.05) is 68.0 Å². The first-order valence-corrected chi connectivity index (χ1v) is 17.2. The molecule has 0 unspecified atom stereocenters. The number of para-hydroxylation sites is 1. The van der Waals surface area contributed by atoms with Crippen LogP contribution in [-0.2, 0) is 5.41 Å². The van der Waals surface area contributed by atoms with Crippen molar-refractivity contribution < 1.29 is 0 Å². The van der Waals surface area contributed by atoms with Crippen molar-refractivity contribution in [1.29, 1.82) is 0 Å². The van der Waals surface area contributed by atoms with E-state index in [9.17, 15) is 0 Å². The van der Waals surface area contributed by atoms with Crippen molar-refractivity contribution in [1.82, 2.24) is 15.3 Å². The lowest BCUT2D eigenvalue weighted by Crippen LogP contribution is -2.47. The first kappa shape index (κ1) is 30.9. The summed E-state index contributed by atoms with van der Waals surface area (Å²) in [5, 5.41) is 8.30. The molecule has 1 saturated carbocycles. The highest BCUT2D eigenvalue weighted by molar-refractivity contribution is 7.80. The summed E-state index contributed by atoms with van der Waals surface area (Å²) in [4.78, 5) is 17.3. The topological polar surface area (TPSA) is 59.6 Å². The number of piperidine rings is 1. The number of aromatic nitrogens is 2. The molecular formula is C35H46ClN7S. The average molecular weight is 632 g/mol. The predicted octanol–water partition coefficient (Wildman–Crippen LogP) is 7.13. The van der Waals surface area contributed by atoms with Crippen molar-refractivity contribution in [3.05, 3.63) is 71.2 Å². The minimum Gasteiger partial charge on any atom is -0.368 e. The maximum Gasteiger partial charge on any atom is 0.232 e. The van der Waals surface area contributed by atoms with Crippen LogP contribution in [0.5, 0.6) is 0 Å². The molecule has 1 aliphatic carbocycles. The van der Waals surface area contributed by atoms with Crippen molar-refractivity contribution in [2.24, 2.45) is 11.8 Å². The molecule has 0 amide bonds. The van der Waals surface area contributed by atoms with Gasteiger partial charge in [0.2, 0.25) is 5.95 Å². The quantitative estimate of drug-likeness (QED) is 0.267. The normalized spacial score (nSPS) is 22.0. The van der Waals surface area contributed by atoms with E-state index < -0.39 is 0 Å². The Morgan fingerprint density at radius 1 is 0.841 bits per heavy atom. The van der Waals surface area contributed by atoms with Crippen LogP contribution in [-0.4, -0.2) is 60.9 Å². The molecule has 2 saturated heterocycles. The molecule has 2 aliphatic heterocycles. The number of nitrogens with one attached hydrogen (secondary N) is 2. The van der Waals surface area contributed by atoms with Crippen LogP contribution >= 0.6 is 23.8 Å². The molecule has 7 nitrogen and oxygen atoms in total. The van der Waals surface area contributed by atoms with E-state index in [1.54, 1.807) is 0 Å². The monoisotopic (exact) mass is 631 g/mol. The Bertz CT molecular complexity index is 1380. The van der Waals surface area contributed by atoms with Gasteiger partial charge in [0.25, 0.3) is 0 Å². The third-order valence-electron chi connectivity index (χ3n) is 9.70. The number of thiocarbonyl (C=S) groups is 1. The first-order valence-electron chi connectivity index (χ1n) is 16.4. The van der Waals surface area contributed by atoms with Crippen LogP contribution < -0.4 is 25.3 Å². The van der Waals surface area contributed by atoms with Crippen molar-refractivity contribution in [3.63, 3.8) is 0 Å². The van der Waals surface area contributed by atoms with Crippen LogP contribution in [0.1, 0.15) is 57.9 Å². The number of halogens is 1. The molecule has 3 fully saturated rings. The van der Waals surface area contributed by atoms with Gasteiger partial charge >= 0.3 is 0 Å². The second-order valence-corrected chi connectivity index (χ2v) is 14.1. The van der Waals surface area contributed by atoms with E-state index in [-0.39, 0.29) is 5.41 Å². The van der Waals surface area contributed by atoms with Gasteiger partial charge in [-0.1, -0.05) is 75.0 Å². The van der Waals surface area contributed by atoms with Crippen molar-refractivity contribution in [2.45, 2.75) is 57.8 Å². The van der Waals surface area contributed by atoms with Crippen LogP contribution in [0.2, 0.25) is 5.02 Å². The Morgan fingerprint density at radius 3 is 2.11 bits per heavy atom. The molecule has 3 heterocycles. The summed E-state index contributed by atoms with van der Waals surface area (Å²) in [6.07, 6.45) is 7.27. The highest BCUT2D eigenvalue weighted by Gasteiger charge is 2.34. The predicted molar refractivity (Wildman–Crippen MR) is 188 cm³/mol.